The van der Waals surface area contributed by atoms with Crippen molar-refractivity contribution >= 4 is 17.7 Å². The summed E-state index contributed by atoms with van der Waals surface area (Å²) >= 11 is 0. The molecule has 0 aliphatic carbocycles. The molecule has 5 nitrogen and oxygen atoms in total. The van der Waals surface area contributed by atoms with Crippen LogP contribution < -0.4 is 5.32 Å². The van der Waals surface area contributed by atoms with Gasteiger partial charge in [-0.25, -0.2) is 4.79 Å². The second kappa shape index (κ2) is 7.31. The lowest BCUT2D eigenvalue weighted by molar-refractivity contribution is -0.147. The van der Waals surface area contributed by atoms with Gasteiger partial charge in [-0.3, -0.25) is 9.59 Å². The van der Waals surface area contributed by atoms with Crippen LogP contribution in [0.15, 0.2) is 30.3 Å². The highest BCUT2D eigenvalue weighted by molar-refractivity contribution is 5.99. The maximum atomic E-state index is 12.0. The highest BCUT2D eigenvalue weighted by atomic mass is 16.5. The predicted molar refractivity (Wildman–Crippen MR) is 69.6 cm³/mol. The van der Waals surface area contributed by atoms with Crippen LogP contribution in [0.2, 0.25) is 0 Å². The maximum Gasteiger partial charge on any atom is 0.329 e. The fourth-order valence-corrected chi connectivity index (χ4v) is 1.61. The van der Waals surface area contributed by atoms with Crippen molar-refractivity contribution in [3.8, 4) is 0 Å². The van der Waals surface area contributed by atoms with Crippen LogP contribution in [0.5, 0.6) is 0 Å². The van der Waals surface area contributed by atoms with Crippen LogP contribution in [-0.2, 0) is 14.3 Å². The quantitative estimate of drug-likeness (QED) is 0.620. The lowest BCUT2D eigenvalue weighted by Crippen LogP contribution is -2.42. The molecular formula is C14H17NO4. The Morgan fingerprint density at radius 2 is 1.84 bits per heavy atom. The molecule has 1 atom stereocenters. The summed E-state index contributed by atoms with van der Waals surface area (Å²) < 4.78 is 4.84. The highest BCUT2D eigenvalue weighted by Gasteiger charge is 2.24. The molecule has 1 rings (SSSR count). The maximum absolute atomic E-state index is 12.0. The van der Waals surface area contributed by atoms with E-state index in [-0.39, 0.29) is 24.7 Å². The van der Waals surface area contributed by atoms with Crippen molar-refractivity contribution in [2.75, 3.05) is 6.61 Å². The van der Waals surface area contributed by atoms with Crippen LogP contribution in [0.3, 0.4) is 0 Å². The standard InChI is InChI=1S/C14H17NO4/c1-3-19-14(18)12(15-10(2)16)9-13(17)11-7-5-4-6-8-11/h4-8,12H,3,9H2,1-2H3,(H,15,16)/t12-/m1/s1. The largest absolute Gasteiger partial charge is 0.464 e. The Morgan fingerprint density at radius 3 is 2.37 bits per heavy atom. The van der Waals surface area contributed by atoms with Crippen molar-refractivity contribution in [3.63, 3.8) is 0 Å². The average Bonchev–Trinajstić information content (AvgIpc) is 2.38. The normalized spacial score (nSPS) is 11.5. The van der Waals surface area contributed by atoms with E-state index in [1.54, 1.807) is 37.3 Å². The average molecular weight is 263 g/mol. The van der Waals surface area contributed by atoms with E-state index in [4.69, 9.17) is 4.74 Å². The molecule has 0 heterocycles. The van der Waals surface area contributed by atoms with Crippen molar-refractivity contribution < 1.29 is 19.1 Å². The number of hydrogen-bond acceptors (Lipinski definition) is 4. The first-order chi connectivity index (χ1) is 9.04. The summed E-state index contributed by atoms with van der Waals surface area (Å²) in [5, 5.41) is 2.43. The summed E-state index contributed by atoms with van der Waals surface area (Å²) in [6.07, 6.45) is -0.109. The number of nitrogens with one attached hydrogen (secondary N) is 1. The van der Waals surface area contributed by atoms with Crippen molar-refractivity contribution in [1.29, 1.82) is 0 Å². The van der Waals surface area contributed by atoms with Gasteiger partial charge in [0.1, 0.15) is 6.04 Å². The zero-order valence-corrected chi connectivity index (χ0v) is 11.0. The molecule has 0 unspecified atom stereocenters. The summed E-state index contributed by atoms with van der Waals surface area (Å²) in [4.78, 5) is 34.7. The number of Topliss-reactive ketones (excluding diaryl/α,β-unsaturated/α-hetero) is 1. The van der Waals surface area contributed by atoms with Gasteiger partial charge in [0, 0.05) is 18.9 Å². The number of rotatable bonds is 6. The van der Waals surface area contributed by atoms with Crippen LogP contribution >= 0.6 is 0 Å². The molecule has 102 valence electrons. The summed E-state index contributed by atoms with van der Waals surface area (Å²) in [5.74, 6) is -1.19. The lowest BCUT2D eigenvalue weighted by atomic mass is 10.0. The minimum absolute atomic E-state index is 0.109. The van der Waals surface area contributed by atoms with Gasteiger partial charge >= 0.3 is 5.97 Å². The molecule has 0 aliphatic rings. The molecule has 0 spiro atoms. The number of carbonyl (C=O) groups is 3. The van der Waals surface area contributed by atoms with Crippen LogP contribution in [0.25, 0.3) is 0 Å². The van der Waals surface area contributed by atoms with Gasteiger partial charge in [0.2, 0.25) is 5.91 Å². The smallest absolute Gasteiger partial charge is 0.329 e. The fraction of sp³-hybridized carbons (Fsp3) is 0.357. The Bertz CT molecular complexity index is 456. The third-order valence-electron chi connectivity index (χ3n) is 2.43. The molecule has 1 aromatic rings. The van der Waals surface area contributed by atoms with E-state index in [9.17, 15) is 14.4 Å². The monoisotopic (exact) mass is 263 g/mol. The number of esters is 1. The lowest BCUT2D eigenvalue weighted by Gasteiger charge is -2.15. The van der Waals surface area contributed by atoms with E-state index >= 15 is 0 Å². The van der Waals surface area contributed by atoms with E-state index in [1.807, 2.05) is 0 Å². The third-order valence-corrected chi connectivity index (χ3v) is 2.43. The number of hydrogen-bond donors (Lipinski definition) is 1. The Hall–Kier alpha value is -2.17. The number of amides is 1. The van der Waals surface area contributed by atoms with E-state index < -0.39 is 12.0 Å². The Morgan fingerprint density at radius 1 is 1.21 bits per heavy atom. The van der Waals surface area contributed by atoms with Crippen molar-refractivity contribution in [1.82, 2.24) is 5.32 Å². The number of carbonyl (C=O) groups excluding carboxylic acids is 3. The van der Waals surface area contributed by atoms with Gasteiger partial charge in [0.25, 0.3) is 0 Å². The van der Waals surface area contributed by atoms with Crippen LogP contribution in [-0.4, -0.2) is 30.3 Å². The molecule has 0 saturated heterocycles. The number of ether oxygens (including phenoxy) is 1. The molecular weight excluding hydrogens is 246 g/mol. The van der Waals surface area contributed by atoms with Crippen molar-refractivity contribution in [2.24, 2.45) is 0 Å². The van der Waals surface area contributed by atoms with Gasteiger partial charge in [-0.05, 0) is 6.92 Å². The van der Waals surface area contributed by atoms with Gasteiger partial charge in [-0.1, -0.05) is 30.3 Å². The summed E-state index contributed by atoms with van der Waals surface area (Å²) in [7, 11) is 0. The molecule has 0 aromatic heterocycles. The summed E-state index contributed by atoms with van der Waals surface area (Å²) in [6, 6.07) is 7.67. The molecule has 5 heteroatoms. The van der Waals surface area contributed by atoms with E-state index in [0.717, 1.165) is 0 Å². The Labute approximate surface area is 111 Å². The Balaban J connectivity index is 2.74. The third kappa shape index (κ3) is 4.91. The van der Waals surface area contributed by atoms with Gasteiger partial charge in [-0.15, -0.1) is 0 Å². The molecule has 1 amide bonds. The molecule has 0 radical (unpaired) electrons. The minimum Gasteiger partial charge on any atom is -0.464 e. The molecule has 0 fully saturated rings. The van der Waals surface area contributed by atoms with E-state index in [1.165, 1.54) is 6.92 Å². The number of benzene rings is 1. The van der Waals surface area contributed by atoms with Crippen LogP contribution in [0.1, 0.15) is 30.6 Å². The van der Waals surface area contributed by atoms with E-state index in [0.29, 0.717) is 5.56 Å². The number of ketones is 1. The SMILES string of the molecule is CCOC(=O)[C@@H](CC(=O)c1ccccc1)NC(C)=O. The molecule has 0 saturated carbocycles. The van der Waals surface area contributed by atoms with E-state index in [2.05, 4.69) is 5.32 Å². The minimum atomic E-state index is -0.940. The predicted octanol–water partition coefficient (Wildman–Crippen LogP) is 1.33. The molecule has 1 N–H and O–H groups in total. The zero-order valence-electron chi connectivity index (χ0n) is 11.0. The van der Waals surface area contributed by atoms with Crippen LogP contribution in [0, 0.1) is 0 Å². The summed E-state index contributed by atoms with van der Waals surface area (Å²) in [5.41, 5.74) is 0.502. The van der Waals surface area contributed by atoms with Gasteiger partial charge in [-0.2, -0.15) is 0 Å². The first-order valence-corrected chi connectivity index (χ1v) is 6.06. The second-order valence-corrected chi connectivity index (χ2v) is 4.00. The van der Waals surface area contributed by atoms with Crippen molar-refractivity contribution in [2.45, 2.75) is 26.3 Å². The van der Waals surface area contributed by atoms with Crippen molar-refractivity contribution in [3.05, 3.63) is 35.9 Å². The fourth-order valence-electron chi connectivity index (χ4n) is 1.61. The summed E-state index contributed by atoms with van der Waals surface area (Å²) in [6.45, 7) is 3.16. The van der Waals surface area contributed by atoms with Gasteiger partial charge < -0.3 is 10.1 Å². The van der Waals surface area contributed by atoms with Gasteiger partial charge in [0.05, 0.1) is 6.61 Å². The highest BCUT2D eigenvalue weighted by Crippen LogP contribution is 2.07. The molecule has 19 heavy (non-hydrogen) atoms. The second-order valence-electron chi connectivity index (χ2n) is 4.00. The molecule has 0 aliphatic heterocycles. The van der Waals surface area contributed by atoms with Gasteiger partial charge in [0.15, 0.2) is 5.78 Å². The molecule has 1 aromatic carbocycles. The molecule has 0 bridgehead atoms. The zero-order chi connectivity index (χ0) is 14.3. The first-order valence-electron chi connectivity index (χ1n) is 6.06. The first kappa shape index (κ1) is 14.9. The van der Waals surface area contributed by atoms with Crippen LogP contribution in [0.4, 0.5) is 0 Å². The topological polar surface area (TPSA) is 72.5 Å². The Kier molecular flexibility index (Phi) is 5.73.